The molecular formula is C14H8ClNO3. The summed E-state index contributed by atoms with van der Waals surface area (Å²) in [6.45, 7) is 0. The predicted octanol–water partition coefficient (Wildman–Crippen LogP) is 2.93. The zero-order valence-electron chi connectivity index (χ0n) is 9.67. The highest BCUT2D eigenvalue weighted by Crippen LogP contribution is 2.26. The molecular weight excluding hydrogens is 266 g/mol. The average molecular weight is 274 g/mol. The van der Waals surface area contributed by atoms with Crippen LogP contribution in [0.4, 0.5) is 0 Å². The predicted molar refractivity (Wildman–Crippen MR) is 69.0 cm³/mol. The van der Waals surface area contributed by atoms with E-state index >= 15 is 0 Å². The number of benzene rings is 2. The van der Waals surface area contributed by atoms with Gasteiger partial charge in [0.25, 0.3) is 11.8 Å². The minimum Gasteiger partial charge on any atom is -0.368 e. The van der Waals surface area contributed by atoms with E-state index in [1.165, 1.54) is 12.1 Å². The summed E-state index contributed by atoms with van der Waals surface area (Å²) < 4.78 is 0. The fourth-order valence-electron chi connectivity index (χ4n) is 1.86. The van der Waals surface area contributed by atoms with Crippen LogP contribution < -0.4 is 4.84 Å². The van der Waals surface area contributed by atoms with Gasteiger partial charge in [-0.05, 0) is 30.3 Å². The molecule has 0 N–H and O–H groups in total. The molecule has 4 nitrogen and oxygen atoms in total. The quantitative estimate of drug-likeness (QED) is 0.791. The molecule has 0 saturated carbocycles. The van der Waals surface area contributed by atoms with Crippen LogP contribution in [0.15, 0.2) is 48.5 Å². The molecule has 0 unspecified atom stereocenters. The van der Waals surface area contributed by atoms with Gasteiger partial charge >= 0.3 is 0 Å². The second kappa shape index (κ2) is 4.40. The molecule has 0 spiro atoms. The Bertz CT molecular complexity index is 670. The molecule has 0 atom stereocenters. The molecule has 2 amide bonds. The SMILES string of the molecule is O=C1c2ccc(Cl)cc2C(=O)N1Oc1ccccc1. The van der Waals surface area contributed by atoms with Gasteiger partial charge in [0, 0.05) is 5.02 Å². The first-order valence-electron chi connectivity index (χ1n) is 5.58. The number of nitrogens with zero attached hydrogens (tertiary/aromatic N) is 1. The minimum absolute atomic E-state index is 0.258. The molecule has 1 heterocycles. The van der Waals surface area contributed by atoms with Gasteiger partial charge in [0.15, 0.2) is 5.75 Å². The summed E-state index contributed by atoms with van der Waals surface area (Å²) in [6.07, 6.45) is 0. The van der Waals surface area contributed by atoms with E-state index in [0.29, 0.717) is 16.3 Å². The number of rotatable bonds is 2. The van der Waals surface area contributed by atoms with Crippen LogP contribution in [0.3, 0.4) is 0 Å². The second-order valence-electron chi connectivity index (χ2n) is 4.00. The first kappa shape index (κ1) is 11.7. The number of fused-ring (bicyclic) bond motifs is 1. The lowest BCUT2D eigenvalue weighted by Gasteiger charge is -2.13. The molecule has 19 heavy (non-hydrogen) atoms. The normalized spacial score (nSPS) is 13.6. The molecule has 0 fully saturated rings. The van der Waals surface area contributed by atoms with Crippen molar-refractivity contribution in [2.24, 2.45) is 0 Å². The van der Waals surface area contributed by atoms with Crippen molar-refractivity contribution in [3.63, 3.8) is 0 Å². The third-order valence-corrected chi connectivity index (χ3v) is 2.99. The van der Waals surface area contributed by atoms with Crippen molar-refractivity contribution < 1.29 is 14.4 Å². The van der Waals surface area contributed by atoms with E-state index in [1.54, 1.807) is 30.3 Å². The monoisotopic (exact) mass is 273 g/mol. The molecule has 2 aromatic rings. The summed E-state index contributed by atoms with van der Waals surface area (Å²) in [5, 5.41) is 1.15. The van der Waals surface area contributed by atoms with Crippen molar-refractivity contribution in [1.82, 2.24) is 5.06 Å². The maximum Gasteiger partial charge on any atom is 0.295 e. The van der Waals surface area contributed by atoms with Crippen LogP contribution in [0, 0.1) is 0 Å². The van der Waals surface area contributed by atoms with Gasteiger partial charge < -0.3 is 4.84 Å². The van der Waals surface area contributed by atoms with Crippen LogP contribution >= 0.6 is 11.6 Å². The van der Waals surface area contributed by atoms with Gasteiger partial charge in [-0.3, -0.25) is 9.59 Å². The number of hydrogen-bond donors (Lipinski definition) is 0. The van der Waals surface area contributed by atoms with E-state index in [-0.39, 0.29) is 5.56 Å². The summed E-state index contributed by atoms with van der Waals surface area (Å²) in [7, 11) is 0. The van der Waals surface area contributed by atoms with Crippen LogP contribution in [-0.2, 0) is 0 Å². The second-order valence-corrected chi connectivity index (χ2v) is 4.44. The Kier molecular flexibility index (Phi) is 2.72. The number of carbonyl (C=O) groups is 2. The maximum absolute atomic E-state index is 12.1. The van der Waals surface area contributed by atoms with Crippen LogP contribution in [-0.4, -0.2) is 16.9 Å². The molecule has 0 aliphatic carbocycles. The third-order valence-electron chi connectivity index (χ3n) is 2.75. The number of halogens is 1. The average Bonchev–Trinajstić information content (AvgIpc) is 2.65. The van der Waals surface area contributed by atoms with Crippen molar-refractivity contribution in [3.8, 4) is 5.75 Å². The lowest BCUT2D eigenvalue weighted by Crippen LogP contribution is -2.33. The van der Waals surface area contributed by atoms with Gasteiger partial charge in [-0.2, -0.15) is 0 Å². The van der Waals surface area contributed by atoms with Gasteiger partial charge in [0.05, 0.1) is 11.1 Å². The van der Waals surface area contributed by atoms with E-state index in [2.05, 4.69) is 0 Å². The molecule has 0 bridgehead atoms. The first-order chi connectivity index (χ1) is 9.16. The lowest BCUT2D eigenvalue weighted by molar-refractivity contribution is -0.0141. The standard InChI is InChI=1S/C14H8ClNO3/c15-9-6-7-11-12(8-9)14(18)16(13(11)17)19-10-4-2-1-3-5-10/h1-8H. The fraction of sp³-hybridized carbons (Fsp3) is 0. The van der Waals surface area contributed by atoms with Crippen molar-refractivity contribution in [3.05, 3.63) is 64.7 Å². The third kappa shape index (κ3) is 1.96. The molecule has 1 aliphatic heterocycles. The van der Waals surface area contributed by atoms with Crippen LogP contribution in [0.1, 0.15) is 20.7 Å². The molecule has 2 aromatic carbocycles. The van der Waals surface area contributed by atoms with E-state index in [9.17, 15) is 9.59 Å². The molecule has 0 radical (unpaired) electrons. The number of hydrogen-bond acceptors (Lipinski definition) is 3. The van der Waals surface area contributed by atoms with Gasteiger partial charge in [0.2, 0.25) is 0 Å². The van der Waals surface area contributed by atoms with E-state index in [0.717, 1.165) is 5.06 Å². The van der Waals surface area contributed by atoms with Gasteiger partial charge in [0.1, 0.15) is 0 Å². The Morgan fingerprint density at radius 3 is 2.32 bits per heavy atom. The van der Waals surface area contributed by atoms with Crippen LogP contribution in [0.25, 0.3) is 0 Å². The van der Waals surface area contributed by atoms with Crippen molar-refractivity contribution in [1.29, 1.82) is 0 Å². The first-order valence-corrected chi connectivity index (χ1v) is 5.96. The molecule has 5 heteroatoms. The lowest BCUT2D eigenvalue weighted by atomic mass is 10.1. The zero-order valence-corrected chi connectivity index (χ0v) is 10.4. The zero-order chi connectivity index (χ0) is 13.4. The Morgan fingerprint density at radius 1 is 0.895 bits per heavy atom. The molecule has 1 aliphatic rings. The maximum atomic E-state index is 12.1. The highest BCUT2D eigenvalue weighted by molar-refractivity contribution is 6.32. The molecule has 3 rings (SSSR count). The summed E-state index contributed by atoms with van der Waals surface area (Å²) in [5.41, 5.74) is 0.554. The van der Waals surface area contributed by atoms with Crippen molar-refractivity contribution >= 4 is 23.4 Å². The topological polar surface area (TPSA) is 46.6 Å². The fourth-order valence-corrected chi connectivity index (χ4v) is 2.03. The number of imide groups is 1. The Hall–Kier alpha value is -2.33. The molecule has 0 saturated heterocycles. The van der Waals surface area contributed by atoms with E-state index in [4.69, 9.17) is 16.4 Å². The number of para-hydroxylation sites is 1. The van der Waals surface area contributed by atoms with Crippen LogP contribution in [0.5, 0.6) is 5.75 Å². The summed E-state index contributed by atoms with van der Waals surface area (Å²) in [6, 6.07) is 13.2. The van der Waals surface area contributed by atoms with Gasteiger partial charge in [-0.15, -0.1) is 0 Å². The number of hydroxylamine groups is 2. The number of carbonyl (C=O) groups excluding carboxylic acids is 2. The summed E-state index contributed by atoms with van der Waals surface area (Å²) in [5.74, 6) is -0.574. The molecule has 0 aromatic heterocycles. The Labute approximate surface area is 114 Å². The van der Waals surface area contributed by atoms with Gasteiger partial charge in [-0.25, -0.2) is 0 Å². The highest BCUT2D eigenvalue weighted by atomic mass is 35.5. The van der Waals surface area contributed by atoms with Crippen molar-refractivity contribution in [2.45, 2.75) is 0 Å². The number of amides is 2. The van der Waals surface area contributed by atoms with Gasteiger partial charge in [-0.1, -0.05) is 34.9 Å². The largest absolute Gasteiger partial charge is 0.368 e. The van der Waals surface area contributed by atoms with E-state index in [1.807, 2.05) is 6.07 Å². The smallest absolute Gasteiger partial charge is 0.295 e. The van der Waals surface area contributed by atoms with E-state index < -0.39 is 11.8 Å². The summed E-state index contributed by atoms with van der Waals surface area (Å²) in [4.78, 5) is 29.5. The van der Waals surface area contributed by atoms with Crippen LogP contribution in [0.2, 0.25) is 5.02 Å². The highest BCUT2D eigenvalue weighted by Gasteiger charge is 2.37. The summed E-state index contributed by atoms with van der Waals surface area (Å²) >= 11 is 5.82. The van der Waals surface area contributed by atoms with Crippen molar-refractivity contribution in [2.75, 3.05) is 0 Å². The molecule has 94 valence electrons. The Morgan fingerprint density at radius 2 is 1.58 bits per heavy atom. The minimum atomic E-state index is -0.508. The Balaban J connectivity index is 1.95.